The van der Waals surface area contributed by atoms with Crippen LogP contribution < -0.4 is 10.6 Å². The van der Waals surface area contributed by atoms with Gasteiger partial charge < -0.3 is 10.6 Å². The van der Waals surface area contributed by atoms with Gasteiger partial charge in [-0.1, -0.05) is 37.3 Å². The van der Waals surface area contributed by atoms with Crippen LogP contribution in [-0.4, -0.2) is 25.1 Å². The number of nitrogens with one attached hydrogen (secondary N) is 2. The summed E-state index contributed by atoms with van der Waals surface area (Å²) in [6.07, 6.45) is 2.48. The molecule has 2 fully saturated rings. The summed E-state index contributed by atoms with van der Waals surface area (Å²) in [5, 5.41) is 6.99. The van der Waals surface area contributed by atoms with Gasteiger partial charge in [0.15, 0.2) is 5.96 Å². The number of hydrogen-bond donors (Lipinski definition) is 2. The van der Waals surface area contributed by atoms with Crippen LogP contribution in [0.4, 0.5) is 0 Å². The van der Waals surface area contributed by atoms with Crippen LogP contribution in [0.25, 0.3) is 0 Å². The molecule has 0 aromatic heterocycles. The molecule has 2 aliphatic rings. The minimum Gasteiger partial charge on any atom is -0.353 e. The van der Waals surface area contributed by atoms with Crippen LogP contribution in [0, 0.1) is 5.92 Å². The lowest BCUT2D eigenvalue weighted by Gasteiger charge is -2.11. The van der Waals surface area contributed by atoms with Crippen LogP contribution >= 0.6 is 24.0 Å². The van der Waals surface area contributed by atoms with Gasteiger partial charge in [-0.25, -0.2) is 0 Å². The van der Waals surface area contributed by atoms with Gasteiger partial charge in [0.25, 0.3) is 0 Å². The Balaban J connectivity index is 0.00000133. The molecule has 4 heteroatoms. The largest absolute Gasteiger partial charge is 0.353 e. The Morgan fingerprint density at radius 3 is 2.32 bits per heavy atom. The first-order chi connectivity index (χ1) is 8.78. The van der Waals surface area contributed by atoms with Gasteiger partial charge in [0.05, 0.1) is 0 Å². The maximum Gasteiger partial charge on any atom is 0.191 e. The van der Waals surface area contributed by atoms with E-state index in [1.165, 1.54) is 18.4 Å². The Bertz CT molecular complexity index is 446. The Morgan fingerprint density at radius 2 is 1.74 bits per heavy atom. The van der Waals surface area contributed by atoms with Crippen LogP contribution in [0.15, 0.2) is 35.3 Å². The van der Waals surface area contributed by atoms with Crippen molar-refractivity contribution in [3.63, 3.8) is 0 Å². The Kier molecular flexibility index (Phi) is 4.71. The SMILES string of the molecule is CN=C(NC1CC1C)NC1CC1c1ccccc1.I. The third-order valence-corrected chi connectivity index (χ3v) is 4.00. The number of nitrogens with zero attached hydrogens (tertiary/aromatic N) is 1. The van der Waals surface area contributed by atoms with Crippen LogP contribution in [0.5, 0.6) is 0 Å². The molecular weight excluding hydrogens is 349 g/mol. The van der Waals surface area contributed by atoms with Gasteiger partial charge in [0.1, 0.15) is 0 Å². The minimum atomic E-state index is 0. The van der Waals surface area contributed by atoms with E-state index in [9.17, 15) is 0 Å². The number of benzene rings is 1. The van der Waals surface area contributed by atoms with E-state index in [2.05, 4.69) is 52.9 Å². The lowest BCUT2D eigenvalue weighted by Crippen LogP contribution is -2.40. The van der Waals surface area contributed by atoms with Gasteiger partial charge in [-0.2, -0.15) is 0 Å². The summed E-state index contributed by atoms with van der Waals surface area (Å²) in [5.41, 5.74) is 1.44. The van der Waals surface area contributed by atoms with E-state index >= 15 is 0 Å². The van der Waals surface area contributed by atoms with E-state index in [1.54, 1.807) is 0 Å². The zero-order valence-electron chi connectivity index (χ0n) is 11.5. The van der Waals surface area contributed by atoms with E-state index in [0.717, 1.165) is 11.9 Å². The number of halogens is 1. The smallest absolute Gasteiger partial charge is 0.191 e. The first kappa shape index (κ1) is 14.6. The van der Waals surface area contributed by atoms with Crippen molar-refractivity contribution in [3.05, 3.63) is 35.9 Å². The highest BCUT2D eigenvalue weighted by Crippen LogP contribution is 2.40. The molecule has 3 nitrogen and oxygen atoms in total. The molecule has 0 heterocycles. The average molecular weight is 371 g/mol. The highest BCUT2D eigenvalue weighted by molar-refractivity contribution is 14.0. The second-order valence-electron chi connectivity index (χ2n) is 5.54. The molecule has 0 amide bonds. The predicted molar refractivity (Wildman–Crippen MR) is 90.2 cm³/mol. The summed E-state index contributed by atoms with van der Waals surface area (Å²) in [7, 11) is 1.85. The quantitative estimate of drug-likeness (QED) is 0.487. The highest BCUT2D eigenvalue weighted by atomic mass is 127. The molecule has 0 saturated heterocycles. The Labute approximate surface area is 132 Å². The van der Waals surface area contributed by atoms with Gasteiger partial charge in [-0.3, -0.25) is 4.99 Å². The van der Waals surface area contributed by atoms with Crippen molar-refractivity contribution in [2.75, 3.05) is 7.05 Å². The topological polar surface area (TPSA) is 36.4 Å². The summed E-state index contributed by atoms with van der Waals surface area (Å²) < 4.78 is 0. The highest BCUT2D eigenvalue weighted by Gasteiger charge is 2.40. The maximum absolute atomic E-state index is 4.31. The van der Waals surface area contributed by atoms with E-state index in [-0.39, 0.29) is 24.0 Å². The third kappa shape index (κ3) is 3.61. The molecule has 3 rings (SSSR count). The Hall–Kier alpha value is -0.780. The van der Waals surface area contributed by atoms with Crippen molar-refractivity contribution in [2.45, 2.75) is 37.8 Å². The number of guanidine groups is 1. The van der Waals surface area contributed by atoms with Crippen molar-refractivity contribution in [2.24, 2.45) is 10.9 Å². The fourth-order valence-corrected chi connectivity index (χ4v) is 2.47. The van der Waals surface area contributed by atoms with Gasteiger partial charge in [-0.15, -0.1) is 24.0 Å². The van der Waals surface area contributed by atoms with Crippen molar-refractivity contribution >= 4 is 29.9 Å². The summed E-state index contributed by atoms with van der Waals surface area (Å²) in [4.78, 5) is 4.31. The Morgan fingerprint density at radius 1 is 1.11 bits per heavy atom. The lowest BCUT2D eigenvalue weighted by molar-refractivity contribution is 0.754. The van der Waals surface area contributed by atoms with Crippen molar-refractivity contribution in [3.8, 4) is 0 Å². The molecule has 1 aromatic rings. The van der Waals surface area contributed by atoms with Crippen LogP contribution in [0.1, 0.15) is 31.2 Å². The monoisotopic (exact) mass is 371 g/mol. The van der Waals surface area contributed by atoms with Gasteiger partial charge >= 0.3 is 0 Å². The van der Waals surface area contributed by atoms with E-state index < -0.39 is 0 Å². The molecule has 0 radical (unpaired) electrons. The standard InChI is InChI=1S/C15H21N3.HI/c1-10-8-13(10)17-15(16-2)18-14-9-12(14)11-6-4-3-5-7-11;/h3-7,10,12-14H,8-9H2,1-2H3,(H2,16,17,18);1H. The molecule has 4 atom stereocenters. The maximum atomic E-state index is 4.31. The molecule has 0 bridgehead atoms. The summed E-state index contributed by atoms with van der Waals surface area (Å²) in [5.74, 6) is 2.42. The first-order valence-electron chi connectivity index (χ1n) is 6.82. The van der Waals surface area contributed by atoms with Crippen LogP contribution in [0.3, 0.4) is 0 Å². The number of rotatable bonds is 3. The fraction of sp³-hybridized carbons (Fsp3) is 0.533. The molecule has 2 saturated carbocycles. The van der Waals surface area contributed by atoms with Gasteiger partial charge in [0.2, 0.25) is 0 Å². The predicted octanol–water partition coefficient (Wildman–Crippen LogP) is 2.73. The van der Waals surface area contributed by atoms with Crippen LogP contribution in [0.2, 0.25) is 0 Å². The number of aliphatic imine (C=N–C) groups is 1. The molecule has 104 valence electrons. The van der Waals surface area contributed by atoms with E-state index in [4.69, 9.17) is 0 Å². The second kappa shape index (κ2) is 6.11. The molecule has 2 N–H and O–H groups in total. The first-order valence-corrected chi connectivity index (χ1v) is 6.82. The molecular formula is C15H22IN3. The summed E-state index contributed by atoms with van der Waals surface area (Å²) >= 11 is 0. The molecule has 4 unspecified atom stereocenters. The van der Waals surface area contributed by atoms with Crippen molar-refractivity contribution < 1.29 is 0 Å². The minimum absolute atomic E-state index is 0. The normalized spacial score (nSPS) is 32.2. The molecule has 1 aromatic carbocycles. The van der Waals surface area contributed by atoms with Crippen molar-refractivity contribution in [1.82, 2.24) is 10.6 Å². The van der Waals surface area contributed by atoms with Gasteiger partial charge in [0, 0.05) is 25.0 Å². The summed E-state index contributed by atoms with van der Waals surface area (Å²) in [6, 6.07) is 11.9. The third-order valence-electron chi connectivity index (χ3n) is 4.00. The number of hydrogen-bond acceptors (Lipinski definition) is 1. The van der Waals surface area contributed by atoms with Gasteiger partial charge in [-0.05, 0) is 24.3 Å². The van der Waals surface area contributed by atoms with Crippen molar-refractivity contribution in [1.29, 1.82) is 0 Å². The lowest BCUT2D eigenvalue weighted by atomic mass is 10.1. The summed E-state index contributed by atoms with van der Waals surface area (Å²) in [6.45, 7) is 2.27. The fourth-order valence-electron chi connectivity index (χ4n) is 2.47. The van der Waals surface area contributed by atoms with E-state index in [0.29, 0.717) is 18.0 Å². The van der Waals surface area contributed by atoms with E-state index in [1.807, 2.05) is 7.05 Å². The molecule has 2 aliphatic carbocycles. The van der Waals surface area contributed by atoms with Crippen LogP contribution in [-0.2, 0) is 0 Å². The average Bonchev–Trinajstić information content (AvgIpc) is 3.29. The zero-order valence-corrected chi connectivity index (χ0v) is 13.8. The molecule has 19 heavy (non-hydrogen) atoms. The molecule has 0 spiro atoms. The zero-order chi connectivity index (χ0) is 12.5. The second-order valence-corrected chi connectivity index (χ2v) is 5.54. The molecule has 0 aliphatic heterocycles.